The monoisotopic (exact) mass is 656 g/mol. The van der Waals surface area contributed by atoms with Crippen LogP contribution in [-0.4, -0.2) is 50.4 Å². The van der Waals surface area contributed by atoms with Crippen molar-refractivity contribution < 1.29 is 45.7 Å². The number of hydrogen-bond acceptors (Lipinski definition) is 10. The average molecular weight is 657 g/mol. The molecule has 0 spiro atoms. The van der Waals surface area contributed by atoms with Crippen molar-refractivity contribution in [2.75, 3.05) is 10.6 Å². The minimum Gasteiger partial charge on any atom is -0.406 e. The van der Waals surface area contributed by atoms with Crippen LogP contribution in [-0.2, 0) is 30.5 Å². The smallest absolute Gasteiger partial charge is 0.406 e. The second kappa shape index (κ2) is 15.0. The molecule has 2 aromatic carbocycles. The molecule has 45 heavy (non-hydrogen) atoms. The van der Waals surface area contributed by atoms with Crippen LogP contribution in [0, 0.1) is 0 Å². The number of aliphatic hydroxyl groups excluding tert-OH is 1. The van der Waals surface area contributed by atoms with Gasteiger partial charge in [0.15, 0.2) is 5.82 Å². The molecule has 2 heterocycles. The fourth-order valence-electron chi connectivity index (χ4n) is 4.07. The van der Waals surface area contributed by atoms with Crippen LogP contribution in [0.3, 0.4) is 0 Å². The molecule has 0 aliphatic heterocycles. The van der Waals surface area contributed by atoms with Crippen LogP contribution in [0.15, 0.2) is 60.7 Å². The van der Waals surface area contributed by atoms with Crippen LogP contribution >= 0.6 is 11.3 Å². The average Bonchev–Trinajstić information content (AvgIpc) is 3.37. The molecule has 4 aromatic rings. The first-order valence-electron chi connectivity index (χ1n) is 13.4. The Morgan fingerprint density at radius 1 is 0.822 bits per heavy atom. The van der Waals surface area contributed by atoms with E-state index in [2.05, 4.69) is 40.5 Å². The molecule has 10 nitrogen and oxygen atoms in total. The van der Waals surface area contributed by atoms with E-state index in [1.165, 1.54) is 41.7 Å². The number of aryl methyl sites for hydroxylation is 2. The van der Waals surface area contributed by atoms with Crippen LogP contribution in [0.4, 0.5) is 37.3 Å². The zero-order chi connectivity index (χ0) is 32.5. The van der Waals surface area contributed by atoms with Crippen LogP contribution in [0.5, 0.6) is 11.5 Å². The van der Waals surface area contributed by atoms with E-state index < -0.39 is 30.6 Å². The van der Waals surface area contributed by atoms with Crippen LogP contribution in [0.25, 0.3) is 0 Å². The molecule has 0 radical (unpaired) electrons. The number of carbonyl (C=O) groups is 1. The van der Waals surface area contributed by atoms with E-state index in [9.17, 15) is 36.2 Å². The van der Waals surface area contributed by atoms with Crippen molar-refractivity contribution in [2.24, 2.45) is 0 Å². The highest BCUT2D eigenvalue weighted by atomic mass is 32.1. The highest BCUT2D eigenvalue weighted by Crippen LogP contribution is 2.25. The Kier molecular flexibility index (Phi) is 11.1. The van der Waals surface area contributed by atoms with Gasteiger partial charge >= 0.3 is 12.7 Å². The van der Waals surface area contributed by atoms with Gasteiger partial charge in [0.25, 0.3) is 0 Å². The summed E-state index contributed by atoms with van der Waals surface area (Å²) >= 11 is 1.25. The first-order chi connectivity index (χ1) is 21.3. The molecule has 0 aliphatic carbocycles. The van der Waals surface area contributed by atoms with E-state index in [1.54, 1.807) is 18.2 Å². The normalized spacial score (nSPS) is 12.4. The molecule has 4 rings (SSSR count). The minimum atomic E-state index is -4.83. The van der Waals surface area contributed by atoms with Crippen molar-refractivity contribution in [2.45, 2.75) is 57.5 Å². The molecule has 2 aromatic heterocycles. The predicted molar refractivity (Wildman–Crippen MR) is 151 cm³/mol. The number of alkyl halides is 6. The molecule has 1 unspecified atom stereocenters. The highest BCUT2D eigenvalue weighted by Gasteiger charge is 2.32. The number of amides is 1. The standard InChI is InChI=1S/C28H26F6N6O4S/c29-27(30,31)43-20-8-3-5-17(13-20)15-23(41)35-22-12-11-19(37-38-22)7-1-2-10-25-39-40-26(45-25)36-24(42)16-18-6-4-9-21(14-18)44-28(32,33)34/h3-6,8-9,11-14,24,42H,1-2,7,10,15-16H2,(H,36,40)(H,35,38,41). The van der Waals surface area contributed by atoms with Gasteiger partial charge in [-0.15, -0.1) is 41.6 Å². The number of hydrogen-bond donors (Lipinski definition) is 3. The van der Waals surface area contributed by atoms with Gasteiger partial charge in [0.2, 0.25) is 11.0 Å². The lowest BCUT2D eigenvalue weighted by Crippen LogP contribution is -2.21. The molecule has 3 N–H and O–H groups in total. The summed E-state index contributed by atoms with van der Waals surface area (Å²) in [7, 11) is 0. The summed E-state index contributed by atoms with van der Waals surface area (Å²) in [6.45, 7) is 0. The predicted octanol–water partition coefficient (Wildman–Crippen LogP) is 5.84. The Hall–Kier alpha value is -4.51. The van der Waals surface area contributed by atoms with Crippen molar-refractivity contribution in [1.29, 1.82) is 0 Å². The van der Waals surface area contributed by atoms with Crippen molar-refractivity contribution in [3.8, 4) is 11.5 Å². The Morgan fingerprint density at radius 2 is 1.47 bits per heavy atom. The second-order valence-electron chi connectivity index (χ2n) is 9.60. The van der Waals surface area contributed by atoms with Gasteiger partial charge in [0.1, 0.15) is 22.7 Å². The summed E-state index contributed by atoms with van der Waals surface area (Å²) in [4.78, 5) is 12.3. The quantitative estimate of drug-likeness (QED) is 0.0870. The highest BCUT2D eigenvalue weighted by molar-refractivity contribution is 7.15. The summed E-state index contributed by atoms with van der Waals surface area (Å²) < 4.78 is 82.3. The Bertz CT molecular complexity index is 1550. The molecule has 1 amide bonds. The van der Waals surface area contributed by atoms with Crippen molar-refractivity contribution >= 4 is 28.2 Å². The number of anilines is 2. The molecular formula is C28H26F6N6O4S. The third-order valence-electron chi connectivity index (χ3n) is 5.88. The molecule has 17 heteroatoms. The maximum absolute atomic E-state index is 12.4. The molecule has 0 saturated carbocycles. The lowest BCUT2D eigenvalue weighted by atomic mass is 10.1. The SMILES string of the molecule is O=C(Cc1cccc(OC(F)(F)F)c1)Nc1ccc(CCCCc2nnc(NC(O)Cc3cccc(OC(F)(F)F)c3)s2)nn1. The summed E-state index contributed by atoms with van der Waals surface area (Å²) in [5.41, 5.74) is 1.46. The third kappa shape index (κ3) is 12.2. The molecule has 0 aliphatic rings. The molecule has 1 atom stereocenters. The number of benzene rings is 2. The Labute approximate surface area is 256 Å². The summed E-state index contributed by atoms with van der Waals surface area (Å²) in [6.07, 6.45) is -8.20. The van der Waals surface area contributed by atoms with E-state index in [1.807, 2.05) is 0 Å². The fourth-order valence-corrected chi connectivity index (χ4v) is 4.89. The van der Waals surface area contributed by atoms with E-state index in [0.29, 0.717) is 34.8 Å². The number of aliphatic hydroxyl groups is 1. The number of nitrogens with one attached hydrogen (secondary N) is 2. The Balaban J connectivity index is 1.15. The summed E-state index contributed by atoms with van der Waals surface area (Å²) in [5, 5.41) is 32.9. The fraction of sp³-hybridized carbons (Fsp3) is 0.321. The molecule has 240 valence electrons. The molecule has 0 fully saturated rings. The summed E-state index contributed by atoms with van der Waals surface area (Å²) in [6, 6.07) is 13.8. The minimum absolute atomic E-state index is 0.0160. The number of halogens is 6. The lowest BCUT2D eigenvalue weighted by molar-refractivity contribution is -0.275. The van der Waals surface area contributed by atoms with E-state index >= 15 is 0 Å². The molecule has 0 bridgehead atoms. The van der Waals surface area contributed by atoms with Gasteiger partial charge in [-0.2, -0.15) is 5.10 Å². The van der Waals surface area contributed by atoms with Gasteiger partial charge in [-0.05, 0) is 66.8 Å². The number of ether oxygens (including phenoxy) is 2. The lowest BCUT2D eigenvalue weighted by Gasteiger charge is -2.13. The number of carbonyl (C=O) groups excluding carboxylic acids is 1. The maximum Gasteiger partial charge on any atom is 0.573 e. The maximum atomic E-state index is 12.4. The van der Waals surface area contributed by atoms with E-state index in [4.69, 9.17) is 0 Å². The van der Waals surface area contributed by atoms with Gasteiger partial charge in [-0.3, -0.25) is 4.79 Å². The number of aromatic nitrogens is 4. The van der Waals surface area contributed by atoms with Crippen LogP contribution < -0.4 is 20.1 Å². The third-order valence-corrected chi connectivity index (χ3v) is 6.79. The topological polar surface area (TPSA) is 131 Å². The zero-order valence-electron chi connectivity index (χ0n) is 23.2. The van der Waals surface area contributed by atoms with Crippen LogP contribution in [0.1, 0.15) is 34.7 Å². The van der Waals surface area contributed by atoms with E-state index in [-0.39, 0.29) is 24.4 Å². The van der Waals surface area contributed by atoms with Gasteiger partial charge < -0.3 is 25.2 Å². The first kappa shape index (κ1) is 33.4. The Morgan fingerprint density at radius 3 is 2.11 bits per heavy atom. The zero-order valence-corrected chi connectivity index (χ0v) is 24.0. The van der Waals surface area contributed by atoms with Crippen molar-refractivity contribution in [1.82, 2.24) is 20.4 Å². The van der Waals surface area contributed by atoms with Gasteiger partial charge in [-0.25, -0.2) is 0 Å². The van der Waals surface area contributed by atoms with Gasteiger partial charge in [0, 0.05) is 12.8 Å². The second-order valence-corrected chi connectivity index (χ2v) is 10.7. The number of rotatable bonds is 14. The number of unbranched alkanes of at least 4 members (excludes halogenated alkanes) is 1. The summed E-state index contributed by atoms with van der Waals surface area (Å²) in [5.74, 6) is -1.07. The largest absolute Gasteiger partial charge is 0.573 e. The number of nitrogens with zero attached hydrogens (tertiary/aromatic N) is 4. The van der Waals surface area contributed by atoms with E-state index in [0.717, 1.165) is 30.0 Å². The first-order valence-corrected chi connectivity index (χ1v) is 14.2. The van der Waals surface area contributed by atoms with Crippen molar-refractivity contribution in [3.05, 3.63) is 82.5 Å². The molecule has 0 saturated heterocycles. The van der Waals surface area contributed by atoms with Crippen LogP contribution in [0.2, 0.25) is 0 Å². The van der Waals surface area contributed by atoms with Crippen molar-refractivity contribution in [3.63, 3.8) is 0 Å². The van der Waals surface area contributed by atoms with Gasteiger partial charge in [0.05, 0.1) is 12.1 Å². The van der Waals surface area contributed by atoms with Gasteiger partial charge in [-0.1, -0.05) is 35.6 Å². The molecular weight excluding hydrogens is 630 g/mol.